The predicted molar refractivity (Wildman–Crippen MR) is 104 cm³/mol. The molecule has 29 heavy (non-hydrogen) atoms. The molecule has 0 atom stereocenters. The van der Waals surface area contributed by atoms with Crippen molar-refractivity contribution < 1.29 is 17.2 Å². The molecule has 0 bridgehead atoms. The number of rotatable bonds is 7. The topological polar surface area (TPSA) is 94.1 Å². The lowest BCUT2D eigenvalue weighted by Gasteiger charge is -2.10. The Morgan fingerprint density at radius 1 is 1.10 bits per heavy atom. The van der Waals surface area contributed by atoms with Crippen molar-refractivity contribution in [1.29, 1.82) is 0 Å². The van der Waals surface area contributed by atoms with E-state index >= 15 is 0 Å². The van der Waals surface area contributed by atoms with Gasteiger partial charge in [0.25, 0.3) is 0 Å². The molecule has 0 unspecified atom stereocenters. The number of benzene rings is 2. The molecule has 2 aromatic carbocycles. The highest BCUT2D eigenvalue weighted by atomic mass is 32.2. The fourth-order valence-electron chi connectivity index (χ4n) is 2.81. The van der Waals surface area contributed by atoms with Crippen LogP contribution in [0.5, 0.6) is 0 Å². The van der Waals surface area contributed by atoms with Crippen LogP contribution in [-0.4, -0.2) is 41.7 Å². The summed E-state index contributed by atoms with van der Waals surface area (Å²) < 4.78 is 51.6. The number of sulfonamides is 1. The molecule has 2 N–H and O–H groups in total. The van der Waals surface area contributed by atoms with Crippen molar-refractivity contribution >= 4 is 10.0 Å². The Labute approximate surface area is 167 Å². The van der Waals surface area contributed by atoms with Crippen LogP contribution in [0.1, 0.15) is 24.1 Å². The van der Waals surface area contributed by atoms with Gasteiger partial charge in [-0.05, 0) is 55.6 Å². The van der Waals surface area contributed by atoms with E-state index in [9.17, 15) is 17.2 Å². The average molecular weight is 421 g/mol. The van der Waals surface area contributed by atoms with Gasteiger partial charge in [-0.2, -0.15) is 0 Å². The Kier molecular flexibility index (Phi) is 6.06. The second kappa shape index (κ2) is 8.36. The third-order valence-corrected chi connectivity index (χ3v) is 5.29. The second-order valence-corrected chi connectivity index (χ2v) is 8.24. The summed E-state index contributed by atoms with van der Waals surface area (Å²) >= 11 is 0. The van der Waals surface area contributed by atoms with Crippen LogP contribution in [0, 0.1) is 11.6 Å². The minimum atomic E-state index is -3.82. The van der Waals surface area contributed by atoms with Crippen molar-refractivity contribution in [3.63, 3.8) is 0 Å². The Hall–Kier alpha value is -2.69. The molecule has 0 spiro atoms. The lowest BCUT2D eigenvalue weighted by molar-refractivity contribution is 0.336. The highest BCUT2D eigenvalue weighted by molar-refractivity contribution is 7.89. The van der Waals surface area contributed by atoms with Crippen LogP contribution in [0.4, 0.5) is 8.78 Å². The maximum Gasteiger partial charge on any atom is 0.238 e. The first-order valence-electron chi connectivity index (χ1n) is 8.87. The van der Waals surface area contributed by atoms with Crippen LogP contribution >= 0.6 is 0 Å². The summed E-state index contributed by atoms with van der Waals surface area (Å²) in [6.45, 7) is 3.28. The third kappa shape index (κ3) is 5.22. The number of hydrogen-bond acceptors (Lipinski definition) is 5. The fraction of sp³-hybridized carbons (Fsp3) is 0.263. The first kappa shape index (κ1) is 21.0. The maximum absolute atomic E-state index is 13.6. The zero-order chi connectivity index (χ0) is 21.2. The van der Waals surface area contributed by atoms with Gasteiger partial charge in [-0.1, -0.05) is 6.92 Å². The number of hydrogen-bond donors (Lipinski definition) is 1. The highest BCUT2D eigenvalue weighted by Gasteiger charge is 2.15. The smallest absolute Gasteiger partial charge is 0.238 e. The minimum absolute atomic E-state index is 0.0268. The van der Waals surface area contributed by atoms with Gasteiger partial charge < -0.3 is 0 Å². The summed E-state index contributed by atoms with van der Waals surface area (Å²) in [7, 11) is -1.90. The summed E-state index contributed by atoms with van der Waals surface area (Å²) in [5, 5.41) is 9.64. The van der Waals surface area contributed by atoms with E-state index in [1.165, 1.54) is 28.9 Å². The number of aromatic nitrogens is 3. The summed E-state index contributed by atoms with van der Waals surface area (Å²) in [5.41, 5.74) is 0.967. The number of nitrogens with zero attached hydrogens (tertiary/aromatic N) is 4. The molecule has 0 saturated heterocycles. The van der Waals surface area contributed by atoms with Crippen molar-refractivity contribution in [2.75, 3.05) is 13.6 Å². The third-order valence-electron chi connectivity index (χ3n) is 4.36. The van der Waals surface area contributed by atoms with Gasteiger partial charge in [-0.25, -0.2) is 32.0 Å². The molecule has 0 fully saturated rings. The molecule has 0 amide bonds. The molecule has 0 radical (unpaired) electrons. The second-order valence-electron chi connectivity index (χ2n) is 6.68. The normalized spacial score (nSPS) is 11.9. The van der Waals surface area contributed by atoms with Crippen molar-refractivity contribution in [1.82, 2.24) is 19.7 Å². The van der Waals surface area contributed by atoms with Crippen LogP contribution in [0.25, 0.3) is 5.69 Å². The average Bonchev–Trinajstić information content (AvgIpc) is 3.02. The molecule has 7 nitrogen and oxygen atoms in total. The molecule has 3 aromatic rings. The molecule has 0 aliphatic rings. The van der Waals surface area contributed by atoms with Gasteiger partial charge in [0, 0.05) is 12.5 Å². The molecular formula is C19H21F2N5O2S. The molecule has 1 heterocycles. The molecule has 3 rings (SSSR count). The highest BCUT2D eigenvalue weighted by Crippen LogP contribution is 2.18. The van der Waals surface area contributed by atoms with Gasteiger partial charge >= 0.3 is 0 Å². The van der Waals surface area contributed by atoms with Crippen LogP contribution in [0.15, 0.2) is 47.4 Å². The van der Waals surface area contributed by atoms with Crippen molar-refractivity contribution in [2.45, 2.75) is 24.8 Å². The lowest BCUT2D eigenvalue weighted by Crippen LogP contribution is -2.17. The van der Waals surface area contributed by atoms with Gasteiger partial charge in [0.2, 0.25) is 10.0 Å². The summed E-state index contributed by atoms with van der Waals surface area (Å²) in [6.07, 6.45) is 0.147. The maximum atomic E-state index is 13.6. The van der Waals surface area contributed by atoms with E-state index in [1.54, 1.807) is 12.1 Å². The largest absolute Gasteiger partial charge is 0.299 e. The lowest BCUT2D eigenvalue weighted by atomic mass is 10.1. The van der Waals surface area contributed by atoms with E-state index < -0.39 is 21.7 Å². The van der Waals surface area contributed by atoms with E-state index in [2.05, 4.69) is 10.1 Å². The number of primary sulfonamides is 1. The Morgan fingerprint density at radius 3 is 2.28 bits per heavy atom. The summed E-state index contributed by atoms with van der Waals surface area (Å²) in [5.74, 6) is -0.335. The molecule has 1 aromatic heterocycles. The van der Waals surface area contributed by atoms with Gasteiger partial charge in [0.15, 0.2) is 5.82 Å². The Balaban J connectivity index is 2.01. The van der Waals surface area contributed by atoms with Crippen molar-refractivity contribution in [3.8, 4) is 5.69 Å². The summed E-state index contributed by atoms with van der Waals surface area (Å²) in [4.78, 5) is 6.51. The van der Waals surface area contributed by atoms with Gasteiger partial charge in [0.05, 0.1) is 17.1 Å². The SMILES string of the molecule is CCN(C)Cc1nc(Cc2cc(F)cc(F)c2)n(-c2ccc(S(N)(=O)=O)cc2)n1. The van der Waals surface area contributed by atoms with E-state index in [4.69, 9.17) is 5.14 Å². The molecule has 154 valence electrons. The first-order chi connectivity index (χ1) is 13.7. The van der Waals surface area contributed by atoms with Crippen LogP contribution in [-0.2, 0) is 23.0 Å². The zero-order valence-corrected chi connectivity index (χ0v) is 16.8. The molecular weight excluding hydrogens is 400 g/mol. The van der Waals surface area contributed by atoms with E-state index in [-0.39, 0.29) is 11.3 Å². The van der Waals surface area contributed by atoms with E-state index in [1.807, 2.05) is 18.9 Å². The van der Waals surface area contributed by atoms with E-state index in [0.29, 0.717) is 29.4 Å². The monoisotopic (exact) mass is 421 g/mol. The zero-order valence-electron chi connectivity index (χ0n) is 16.0. The number of nitrogens with two attached hydrogens (primary N) is 1. The first-order valence-corrected chi connectivity index (χ1v) is 10.4. The van der Waals surface area contributed by atoms with Gasteiger partial charge in [-0.15, -0.1) is 5.10 Å². The quantitative estimate of drug-likeness (QED) is 0.631. The van der Waals surface area contributed by atoms with Crippen molar-refractivity contribution in [2.24, 2.45) is 5.14 Å². The fourth-order valence-corrected chi connectivity index (χ4v) is 3.32. The van der Waals surface area contributed by atoms with Gasteiger partial charge in [0.1, 0.15) is 17.5 Å². The van der Waals surface area contributed by atoms with Crippen LogP contribution in [0.2, 0.25) is 0 Å². The Bertz CT molecular complexity index is 1090. The predicted octanol–water partition coefficient (Wildman–Crippen LogP) is 2.24. The Morgan fingerprint density at radius 2 is 1.72 bits per heavy atom. The number of halogens is 2. The molecule has 10 heteroatoms. The molecule has 0 saturated carbocycles. The van der Waals surface area contributed by atoms with Crippen LogP contribution in [0.3, 0.4) is 0 Å². The molecule has 0 aliphatic carbocycles. The van der Waals surface area contributed by atoms with Crippen LogP contribution < -0.4 is 5.14 Å². The van der Waals surface area contributed by atoms with E-state index in [0.717, 1.165) is 12.6 Å². The molecule has 0 aliphatic heterocycles. The standard InChI is InChI=1S/C19H21F2N5O2S/c1-3-25(2)12-18-23-19(10-13-8-14(20)11-15(21)9-13)26(24-18)16-4-6-17(7-5-16)29(22,27)28/h4-9,11H,3,10,12H2,1-2H3,(H2,22,27,28). The van der Waals surface area contributed by atoms with Crippen molar-refractivity contribution in [3.05, 3.63) is 71.3 Å². The van der Waals surface area contributed by atoms with Gasteiger partial charge in [-0.3, -0.25) is 4.90 Å². The minimum Gasteiger partial charge on any atom is -0.299 e. The summed E-state index contributed by atoms with van der Waals surface area (Å²) in [6, 6.07) is 9.14.